The zero-order chi connectivity index (χ0) is 13.1. The summed E-state index contributed by atoms with van der Waals surface area (Å²) in [5.74, 6) is -0.316. The van der Waals surface area contributed by atoms with Crippen LogP contribution in [-0.4, -0.2) is 53.5 Å². The molecule has 18 heavy (non-hydrogen) atoms. The number of carbonyl (C=O) groups is 1. The van der Waals surface area contributed by atoms with E-state index in [-0.39, 0.29) is 25.0 Å². The molecule has 1 saturated heterocycles. The molecule has 1 heterocycles. The van der Waals surface area contributed by atoms with Crippen LogP contribution in [0.4, 0.5) is 14.9 Å². The van der Waals surface area contributed by atoms with Crippen LogP contribution in [0.15, 0.2) is 24.3 Å². The lowest BCUT2D eigenvalue weighted by Gasteiger charge is -2.40. The molecule has 0 bridgehead atoms. The Morgan fingerprint density at radius 1 is 1.33 bits per heavy atom. The first-order valence-corrected chi connectivity index (χ1v) is 5.72. The van der Waals surface area contributed by atoms with E-state index in [1.165, 1.54) is 17.0 Å². The molecule has 1 aliphatic rings. The number of hydrogen-bond acceptors (Lipinski definition) is 3. The fraction of sp³-hybridized carbons (Fsp3) is 0.417. The number of aliphatic hydroxyl groups excluding tert-OH is 1. The molecule has 0 aliphatic carbocycles. The Morgan fingerprint density at radius 2 is 2.00 bits per heavy atom. The smallest absolute Gasteiger partial charge is 0.407 e. The standard InChI is InChI=1S/C12H15FN2O3/c13-9-1-3-10(4-2-9)15-6-5-14(12(17)18)7-11(15)8-16/h1-4,11,16H,5-8H2,(H,17,18)/t11-/m0/s1. The highest BCUT2D eigenvalue weighted by atomic mass is 19.1. The summed E-state index contributed by atoms with van der Waals surface area (Å²) in [5, 5.41) is 18.3. The summed E-state index contributed by atoms with van der Waals surface area (Å²) in [5.41, 5.74) is 0.792. The quantitative estimate of drug-likeness (QED) is 0.826. The average molecular weight is 254 g/mol. The first kappa shape index (κ1) is 12.6. The third kappa shape index (κ3) is 2.53. The van der Waals surface area contributed by atoms with Crippen molar-refractivity contribution in [2.24, 2.45) is 0 Å². The van der Waals surface area contributed by atoms with E-state index in [2.05, 4.69) is 0 Å². The molecule has 0 spiro atoms. The van der Waals surface area contributed by atoms with Crippen LogP contribution in [0.25, 0.3) is 0 Å². The van der Waals surface area contributed by atoms with E-state index in [0.717, 1.165) is 5.69 Å². The molecule has 2 N–H and O–H groups in total. The number of halogens is 1. The summed E-state index contributed by atoms with van der Waals surface area (Å²) in [6.07, 6.45) is -0.979. The van der Waals surface area contributed by atoms with E-state index in [1.54, 1.807) is 12.1 Å². The van der Waals surface area contributed by atoms with Gasteiger partial charge in [0.2, 0.25) is 0 Å². The number of piperazine rings is 1. The van der Waals surface area contributed by atoms with E-state index in [1.807, 2.05) is 4.90 Å². The minimum absolute atomic E-state index is 0.138. The monoisotopic (exact) mass is 254 g/mol. The van der Waals surface area contributed by atoms with Crippen molar-refractivity contribution in [3.05, 3.63) is 30.1 Å². The largest absolute Gasteiger partial charge is 0.465 e. The summed E-state index contributed by atoms with van der Waals surface area (Å²) in [4.78, 5) is 14.1. The predicted octanol–water partition coefficient (Wildman–Crippen LogP) is 0.987. The van der Waals surface area contributed by atoms with E-state index in [0.29, 0.717) is 13.1 Å². The predicted molar refractivity (Wildman–Crippen MR) is 64.2 cm³/mol. The molecular formula is C12H15FN2O3. The van der Waals surface area contributed by atoms with Crippen LogP contribution in [-0.2, 0) is 0 Å². The van der Waals surface area contributed by atoms with Crippen molar-refractivity contribution >= 4 is 11.8 Å². The Kier molecular flexibility index (Phi) is 3.66. The molecule has 0 unspecified atom stereocenters. The van der Waals surface area contributed by atoms with E-state index in [4.69, 9.17) is 5.11 Å². The van der Waals surface area contributed by atoms with Crippen molar-refractivity contribution < 1.29 is 19.4 Å². The zero-order valence-corrected chi connectivity index (χ0v) is 9.79. The average Bonchev–Trinajstić information content (AvgIpc) is 2.39. The number of benzene rings is 1. The molecule has 1 aromatic carbocycles. The topological polar surface area (TPSA) is 64.0 Å². The molecule has 6 heteroatoms. The van der Waals surface area contributed by atoms with Gasteiger partial charge in [0.25, 0.3) is 0 Å². The molecule has 5 nitrogen and oxygen atoms in total. The van der Waals surface area contributed by atoms with Crippen LogP contribution in [0, 0.1) is 5.82 Å². The maximum atomic E-state index is 12.8. The van der Waals surface area contributed by atoms with Crippen molar-refractivity contribution in [1.82, 2.24) is 4.90 Å². The molecule has 0 aromatic heterocycles. The number of hydrogen-bond donors (Lipinski definition) is 2. The maximum absolute atomic E-state index is 12.8. The summed E-state index contributed by atoms with van der Waals surface area (Å²) >= 11 is 0. The van der Waals surface area contributed by atoms with Gasteiger partial charge in [-0.15, -0.1) is 0 Å². The number of nitrogens with zero attached hydrogens (tertiary/aromatic N) is 2. The minimum atomic E-state index is -0.979. The molecule has 2 rings (SSSR count). The molecule has 1 fully saturated rings. The summed E-state index contributed by atoms with van der Waals surface area (Å²) < 4.78 is 12.8. The highest BCUT2D eigenvalue weighted by molar-refractivity contribution is 5.65. The summed E-state index contributed by atoms with van der Waals surface area (Å²) in [7, 11) is 0. The van der Waals surface area contributed by atoms with Crippen LogP contribution >= 0.6 is 0 Å². The Labute approximate surface area is 104 Å². The molecule has 0 radical (unpaired) electrons. The minimum Gasteiger partial charge on any atom is -0.465 e. The normalized spacial score (nSPS) is 20.0. The van der Waals surface area contributed by atoms with Gasteiger partial charge >= 0.3 is 6.09 Å². The van der Waals surface area contributed by atoms with Gasteiger partial charge in [0.05, 0.1) is 12.6 Å². The Balaban J connectivity index is 2.14. The lowest BCUT2D eigenvalue weighted by molar-refractivity contribution is 0.124. The second-order valence-electron chi connectivity index (χ2n) is 4.23. The van der Waals surface area contributed by atoms with Crippen LogP contribution in [0.2, 0.25) is 0 Å². The van der Waals surface area contributed by atoms with E-state index >= 15 is 0 Å². The van der Waals surface area contributed by atoms with Gasteiger partial charge in [-0.2, -0.15) is 0 Å². The summed E-state index contributed by atoms with van der Waals surface area (Å²) in [6.45, 7) is 0.983. The first-order chi connectivity index (χ1) is 8.61. The van der Waals surface area contributed by atoms with Crippen LogP contribution < -0.4 is 4.90 Å². The molecule has 1 aliphatic heterocycles. The Hall–Kier alpha value is -1.82. The number of rotatable bonds is 2. The van der Waals surface area contributed by atoms with Gasteiger partial charge in [0.1, 0.15) is 5.82 Å². The maximum Gasteiger partial charge on any atom is 0.407 e. The van der Waals surface area contributed by atoms with Crippen LogP contribution in [0.3, 0.4) is 0 Å². The highest BCUT2D eigenvalue weighted by Crippen LogP contribution is 2.20. The van der Waals surface area contributed by atoms with Crippen LogP contribution in [0.5, 0.6) is 0 Å². The number of anilines is 1. The zero-order valence-electron chi connectivity index (χ0n) is 9.79. The van der Waals surface area contributed by atoms with Crippen molar-refractivity contribution in [1.29, 1.82) is 0 Å². The Bertz CT molecular complexity index is 424. The van der Waals surface area contributed by atoms with Gasteiger partial charge in [-0.05, 0) is 24.3 Å². The van der Waals surface area contributed by atoms with Crippen molar-refractivity contribution in [2.75, 3.05) is 31.1 Å². The highest BCUT2D eigenvalue weighted by Gasteiger charge is 2.28. The van der Waals surface area contributed by atoms with Gasteiger partial charge < -0.3 is 20.0 Å². The third-order valence-corrected chi connectivity index (χ3v) is 3.12. The fourth-order valence-electron chi connectivity index (χ4n) is 2.16. The van der Waals surface area contributed by atoms with E-state index < -0.39 is 6.09 Å². The third-order valence-electron chi connectivity index (χ3n) is 3.12. The molecule has 0 saturated carbocycles. The number of amides is 1. The molecular weight excluding hydrogens is 239 g/mol. The first-order valence-electron chi connectivity index (χ1n) is 5.72. The molecule has 1 amide bonds. The van der Waals surface area contributed by atoms with Crippen molar-refractivity contribution in [3.63, 3.8) is 0 Å². The fourth-order valence-corrected chi connectivity index (χ4v) is 2.16. The molecule has 1 aromatic rings. The van der Waals surface area contributed by atoms with Gasteiger partial charge in [0, 0.05) is 25.3 Å². The number of carboxylic acid groups (broad SMARTS) is 1. The van der Waals surface area contributed by atoms with Gasteiger partial charge in [-0.3, -0.25) is 0 Å². The lowest BCUT2D eigenvalue weighted by Crippen LogP contribution is -2.56. The number of aliphatic hydroxyl groups is 1. The Morgan fingerprint density at radius 3 is 2.56 bits per heavy atom. The van der Waals surface area contributed by atoms with Crippen molar-refractivity contribution in [2.45, 2.75) is 6.04 Å². The molecule has 98 valence electrons. The van der Waals surface area contributed by atoms with Gasteiger partial charge in [-0.1, -0.05) is 0 Å². The van der Waals surface area contributed by atoms with Crippen molar-refractivity contribution in [3.8, 4) is 0 Å². The second-order valence-corrected chi connectivity index (χ2v) is 4.23. The summed E-state index contributed by atoms with van der Waals surface area (Å²) in [6, 6.07) is 5.68. The van der Waals surface area contributed by atoms with Crippen LogP contribution in [0.1, 0.15) is 0 Å². The van der Waals surface area contributed by atoms with Gasteiger partial charge in [0.15, 0.2) is 0 Å². The second kappa shape index (κ2) is 5.22. The van der Waals surface area contributed by atoms with E-state index in [9.17, 15) is 14.3 Å². The van der Waals surface area contributed by atoms with Gasteiger partial charge in [-0.25, -0.2) is 9.18 Å². The lowest BCUT2D eigenvalue weighted by atomic mass is 10.1. The SMILES string of the molecule is O=C(O)N1CCN(c2ccc(F)cc2)[C@H](CO)C1. The molecule has 1 atom stereocenters.